The van der Waals surface area contributed by atoms with Crippen LogP contribution in [0, 0.1) is 0 Å². The van der Waals surface area contributed by atoms with Crippen LogP contribution >= 0.6 is 15.6 Å². The lowest BCUT2D eigenvalue weighted by molar-refractivity contribution is -0.161. The molecule has 2 unspecified atom stereocenters. The van der Waals surface area contributed by atoms with Crippen LogP contribution < -0.4 is 0 Å². The van der Waals surface area contributed by atoms with Crippen molar-refractivity contribution in [2.75, 3.05) is 26.4 Å². The Hall–Kier alpha value is -2.74. The molecule has 356 valence electrons. The Kier molecular flexibility index (Phi) is 39.2. The zero-order valence-corrected chi connectivity index (χ0v) is 39.1. The van der Waals surface area contributed by atoms with Crippen molar-refractivity contribution in [2.45, 2.75) is 167 Å². The molecule has 0 saturated carbocycles. The van der Waals surface area contributed by atoms with Crippen LogP contribution in [0.5, 0.6) is 0 Å². The van der Waals surface area contributed by atoms with Crippen LogP contribution in [0.2, 0.25) is 0 Å². The van der Waals surface area contributed by atoms with E-state index in [1.807, 2.05) is 37.3 Å². The molecule has 0 aliphatic carbocycles. The van der Waals surface area contributed by atoms with Gasteiger partial charge in [0.1, 0.15) is 12.7 Å². The molecule has 62 heavy (non-hydrogen) atoms. The van der Waals surface area contributed by atoms with E-state index in [0.717, 1.165) is 83.5 Å². The average Bonchev–Trinajstić information content (AvgIpc) is 3.23. The largest absolute Gasteiger partial charge is 0.472 e. The number of hydrogen-bond acceptors (Lipinski definition) is 11. The fourth-order valence-electron chi connectivity index (χ4n) is 5.42. The summed E-state index contributed by atoms with van der Waals surface area (Å²) in [5.41, 5.74) is 0. The first-order chi connectivity index (χ1) is 29.8. The normalized spacial score (nSPS) is 15.3. The number of esters is 2. The molecule has 0 radical (unpaired) electrons. The Morgan fingerprint density at radius 2 is 1.06 bits per heavy atom. The highest BCUT2D eigenvalue weighted by Crippen LogP contribution is 2.43. The Bertz CT molecular complexity index is 1430. The highest BCUT2D eigenvalue weighted by molar-refractivity contribution is 7.47. The van der Waals surface area contributed by atoms with Crippen LogP contribution in [-0.4, -0.2) is 81.6 Å². The van der Waals surface area contributed by atoms with Crippen LogP contribution in [0.3, 0.4) is 0 Å². The predicted octanol–water partition coefficient (Wildman–Crippen LogP) is 10.5. The van der Waals surface area contributed by atoms with Crippen molar-refractivity contribution in [2.24, 2.45) is 0 Å². The molecule has 14 nitrogen and oxygen atoms in total. The van der Waals surface area contributed by atoms with Crippen molar-refractivity contribution in [1.82, 2.24) is 0 Å². The number of carbonyl (C=O) groups excluding carboxylic acids is 2. The Morgan fingerprint density at radius 3 is 1.68 bits per heavy atom. The van der Waals surface area contributed by atoms with Gasteiger partial charge in [-0.2, -0.15) is 0 Å². The van der Waals surface area contributed by atoms with Crippen molar-refractivity contribution >= 4 is 27.6 Å². The van der Waals surface area contributed by atoms with Crippen LogP contribution in [-0.2, 0) is 41.8 Å². The second-order valence-electron chi connectivity index (χ2n) is 14.8. The average molecular weight is 917 g/mol. The van der Waals surface area contributed by atoms with Crippen LogP contribution in [0.25, 0.3) is 0 Å². The van der Waals surface area contributed by atoms with Crippen molar-refractivity contribution in [3.63, 3.8) is 0 Å². The van der Waals surface area contributed by atoms with Gasteiger partial charge in [-0.25, -0.2) is 9.13 Å². The molecule has 0 rings (SSSR count). The van der Waals surface area contributed by atoms with E-state index in [2.05, 4.69) is 64.6 Å². The van der Waals surface area contributed by atoms with Crippen molar-refractivity contribution in [1.29, 1.82) is 0 Å². The minimum atomic E-state index is -4.88. The highest BCUT2D eigenvalue weighted by atomic mass is 31.2. The van der Waals surface area contributed by atoms with Crippen molar-refractivity contribution < 1.29 is 66.7 Å². The topological polar surface area (TPSA) is 216 Å². The Balaban J connectivity index is 4.64. The van der Waals surface area contributed by atoms with E-state index in [4.69, 9.17) is 23.8 Å². The molecule has 0 aliphatic rings. The number of rotatable bonds is 41. The van der Waals surface area contributed by atoms with Gasteiger partial charge in [-0.05, 0) is 83.5 Å². The van der Waals surface area contributed by atoms with E-state index >= 15 is 0 Å². The summed E-state index contributed by atoms with van der Waals surface area (Å²) < 4.78 is 47.7. The minimum Gasteiger partial charge on any atom is -0.462 e. The molecule has 0 fully saturated rings. The second-order valence-corrected chi connectivity index (χ2v) is 17.5. The van der Waals surface area contributed by atoms with Gasteiger partial charge in [-0.1, -0.05) is 137 Å². The number of aliphatic hydroxyl groups is 2. The maximum absolute atomic E-state index is 12.7. The summed E-state index contributed by atoms with van der Waals surface area (Å²) in [6, 6.07) is 0. The zero-order valence-electron chi connectivity index (χ0n) is 37.3. The molecule has 5 N–H and O–H groups in total. The van der Waals surface area contributed by atoms with Gasteiger partial charge in [-0.3, -0.25) is 23.2 Å². The summed E-state index contributed by atoms with van der Waals surface area (Å²) in [6.45, 7) is 1.43. The Morgan fingerprint density at radius 1 is 0.548 bits per heavy atom. The first kappa shape index (κ1) is 59.3. The molecular weight excluding hydrogens is 838 g/mol. The number of carbonyl (C=O) groups is 2. The number of phosphoric ester groups is 2. The standard InChI is InChI=1S/C46H78O14P2/c1-3-5-7-8-9-10-11-12-13-14-15-16-17-18-19-22-25-28-32-36-45(49)56-40-44(41-59-62(54,55)58-39-43(48)38-57-61(51,52)53)60-46(50)37-33-29-26-23-20-21-24-27-31-35-42(47)34-30-6-4-2/h6,9-10,12-13,15-16,18-19,24,27,30-31,35,42-44,47-48H,3-5,7-8,11,14,17,20-23,25-26,28-29,32-34,36-41H2,1-2H3,(H,54,55)(H2,51,52,53)/b10-9-,13-12-,16-15-,19-18-,27-24+,30-6+,35-31+/t42?,43-,44+/m0/s1. The molecule has 0 aromatic heterocycles. The van der Waals surface area contributed by atoms with Gasteiger partial charge in [0.2, 0.25) is 0 Å². The fraction of sp³-hybridized carbons (Fsp3) is 0.652. The number of phosphoric acid groups is 2. The quantitative estimate of drug-likeness (QED) is 0.0127. The minimum absolute atomic E-state index is 0.0728. The van der Waals surface area contributed by atoms with E-state index in [-0.39, 0.29) is 12.8 Å². The maximum atomic E-state index is 12.7. The summed E-state index contributed by atoms with van der Waals surface area (Å²) in [6.07, 6.45) is 43.3. The SMILES string of the molecule is CC/C=C/CC(O)/C=C/C=C/CCCCCCCC(=O)O[C@H](COC(=O)CCCCC/C=C\C/C=C\C/C=C\C/C=C\CCCCC)COP(=O)(O)OC[C@@H](O)COP(=O)(O)O. The molecular formula is C46H78O14P2. The van der Waals surface area contributed by atoms with Gasteiger partial charge < -0.3 is 34.4 Å². The third-order valence-corrected chi connectivity index (χ3v) is 10.3. The fourth-order valence-corrected chi connectivity index (χ4v) is 6.58. The van der Waals surface area contributed by atoms with E-state index in [1.54, 1.807) is 6.08 Å². The van der Waals surface area contributed by atoms with Gasteiger partial charge >= 0.3 is 27.6 Å². The molecule has 0 heterocycles. The summed E-state index contributed by atoms with van der Waals surface area (Å²) in [7, 11) is -9.72. The maximum Gasteiger partial charge on any atom is 0.472 e. The number of unbranched alkanes of at least 4 members (excludes halogenated alkanes) is 11. The summed E-state index contributed by atoms with van der Waals surface area (Å²) in [5.74, 6) is -1.13. The van der Waals surface area contributed by atoms with Crippen LogP contribution in [0.1, 0.15) is 149 Å². The van der Waals surface area contributed by atoms with Gasteiger partial charge in [0, 0.05) is 12.8 Å². The number of ether oxygens (including phenoxy) is 2. The summed E-state index contributed by atoms with van der Waals surface area (Å²) >= 11 is 0. The highest BCUT2D eigenvalue weighted by Gasteiger charge is 2.28. The molecule has 0 bridgehead atoms. The third-order valence-electron chi connectivity index (χ3n) is 8.84. The number of aliphatic hydroxyl groups excluding tert-OH is 2. The van der Waals surface area contributed by atoms with Crippen LogP contribution in [0.4, 0.5) is 0 Å². The summed E-state index contributed by atoms with van der Waals surface area (Å²) in [4.78, 5) is 52.7. The Labute approximate surface area is 371 Å². The van der Waals surface area contributed by atoms with E-state index in [1.165, 1.54) is 19.3 Å². The second kappa shape index (κ2) is 41.0. The van der Waals surface area contributed by atoms with E-state index < -0.39 is 72.3 Å². The van der Waals surface area contributed by atoms with E-state index in [0.29, 0.717) is 19.3 Å². The molecule has 0 aromatic rings. The summed E-state index contributed by atoms with van der Waals surface area (Å²) in [5, 5.41) is 19.6. The van der Waals surface area contributed by atoms with E-state index in [9.17, 15) is 33.8 Å². The third kappa shape index (κ3) is 43.9. The van der Waals surface area contributed by atoms with Gasteiger partial charge in [0.25, 0.3) is 0 Å². The number of allylic oxidation sites excluding steroid dienone is 12. The smallest absolute Gasteiger partial charge is 0.462 e. The first-order valence-electron chi connectivity index (χ1n) is 22.4. The zero-order chi connectivity index (χ0) is 46.0. The lowest BCUT2D eigenvalue weighted by atomic mass is 10.1. The molecule has 0 amide bonds. The molecule has 0 aromatic carbocycles. The lowest BCUT2D eigenvalue weighted by Crippen LogP contribution is -2.30. The predicted molar refractivity (Wildman–Crippen MR) is 245 cm³/mol. The molecule has 0 aliphatic heterocycles. The van der Waals surface area contributed by atoms with Crippen LogP contribution in [0.15, 0.2) is 85.1 Å². The molecule has 4 atom stereocenters. The number of hydrogen-bond donors (Lipinski definition) is 5. The molecule has 16 heteroatoms. The molecule has 0 saturated heterocycles. The van der Waals surface area contributed by atoms with Crippen molar-refractivity contribution in [3.05, 3.63) is 85.1 Å². The van der Waals surface area contributed by atoms with Crippen molar-refractivity contribution in [3.8, 4) is 0 Å². The monoisotopic (exact) mass is 916 g/mol. The lowest BCUT2D eigenvalue weighted by Gasteiger charge is -2.20. The molecule has 0 spiro atoms. The first-order valence-corrected chi connectivity index (χ1v) is 25.4. The van der Waals surface area contributed by atoms with Gasteiger partial charge in [0.15, 0.2) is 6.10 Å². The van der Waals surface area contributed by atoms with Gasteiger partial charge in [0.05, 0.1) is 25.9 Å². The van der Waals surface area contributed by atoms with Gasteiger partial charge in [-0.15, -0.1) is 0 Å².